The van der Waals surface area contributed by atoms with E-state index < -0.39 is 5.97 Å². The number of imide groups is 1. The Morgan fingerprint density at radius 3 is 2.58 bits per heavy atom. The molecule has 1 aliphatic heterocycles. The fourth-order valence-electron chi connectivity index (χ4n) is 2.82. The molecule has 3 rings (SSSR count). The summed E-state index contributed by atoms with van der Waals surface area (Å²) in [5.41, 5.74) is 1.56. The van der Waals surface area contributed by atoms with Gasteiger partial charge in [0.2, 0.25) is 0 Å². The standard InChI is InChI=1S/C22H20INO6S/c1-3-29-17-10-15(9-16(23)20(17)30-13-19(25)28-2)11-18-21(26)24(22(27)31-18)12-14-7-5-4-6-8-14/h4-11H,3,12-13H2,1-2H3/b18-11-. The second-order valence-corrected chi connectivity index (χ2v) is 8.54. The number of hydrogen-bond donors (Lipinski definition) is 0. The van der Waals surface area contributed by atoms with Crippen LogP contribution >= 0.6 is 34.4 Å². The molecule has 31 heavy (non-hydrogen) atoms. The number of rotatable bonds is 8. The van der Waals surface area contributed by atoms with Crippen molar-refractivity contribution in [2.75, 3.05) is 20.3 Å². The first-order valence-corrected chi connectivity index (χ1v) is 11.3. The van der Waals surface area contributed by atoms with Crippen molar-refractivity contribution >= 4 is 57.5 Å². The Labute approximate surface area is 197 Å². The van der Waals surface area contributed by atoms with E-state index in [1.165, 1.54) is 12.0 Å². The number of nitrogens with zero attached hydrogens (tertiary/aromatic N) is 1. The van der Waals surface area contributed by atoms with Crippen LogP contribution < -0.4 is 9.47 Å². The highest BCUT2D eigenvalue weighted by Gasteiger charge is 2.35. The van der Waals surface area contributed by atoms with Crippen molar-refractivity contribution in [2.24, 2.45) is 0 Å². The maximum Gasteiger partial charge on any atom is 0.343 e. The first-order valence-electron chi connectivity index (χ1n) is 9.38. The molecule has 9 heteroatoms. The normalized spacial score (nSPS) is 14.8. The number of ether oxygens (including phenoxy) is 3. The summed E-state index contributed by atoms with van der Waals surface area (Å²) in [6.45, 7) is 2.20. The van der Waals surface area contributed by atoms with Gasteiger partial charge in [-0.3, -0.25) is 14.5 Å². The summed E-state index contributed by atoms with van der Waals surface area (Å²) in [4.78, 5) is 38.2. The molecule has 0 aromatic heterocycles. The van der Waals surface area contributed by atoms with Gasteiger partial charge in [0, 0.05) is 0 Å². The molecule has 7 nitrogen and oxygen atoms in total. The molecule has 162 valence electrons. The summed E-state index contributed by atoms with van der Waals surface area (Å²) < 4.78 is 16.5. The van der Waals surface area contributed by atoms with Gasteiger partial charge < -0.3 is 14.2 Å². The number of hydrogen-bond acceptors (Lipinski definition) is 7. The topological polar surface area (TPSA) is 82.1 Å². The van der Waals surface area contributed by atoms with Gasteiger partial charge in [0.1, 0.15) is 0 Å². The van der Waals surface area contributed by atoms with Crippen LogP contribution in [0.3, 0.4) is 0 Å². The first kappa shape index (κ1) is 23.1. The average molecular weight is 553 g/mol. The minimum atomic E-state index is -0.505. The molecule has 0 radical (unpaired) electrons. The third-order valence-corrected chi connectivity index (χ3v) is 5.96. The van der Waals surface area contributed by atoms with Gasteiger partial charge in [0.05, 0.1) is 28.7 Å². The highest BCUT2D eigenvalue weighted by Crippen LogP contribution is 2.37. The molecular formula is C22H20INO6S. The third kappa shape index (κ3) is 5.79. The van der Waals surface area contributed by atoms with Crippen molar-refractivity contribution < 1.29 is 28.6 Å². The third-order valence-electron chi connectivity index (χ3n) is 4.25. The van der Waals surface area contributed by atoms with E-state index in [0.717, 1.165) is 17.3 Å². The van der Waals surface area contributed by atoms with Crippen LogP contribution in [0.15, 0.2) is 47.4 Å². The Kier molecular flexibility index (Phi) is 7.97. The monoisotopic (exact) mass is 553 g/mol. The molecule has 1 aliphatic rings. The molecule has 0 N–H and O–H groups in total. The molecular weight excluding hydrogens is 533 g/mol. The minimum Gasteiger partial charge on any atom is -0.490 e. The number of amides is 2. The zero-order chi connectivity index (χ0) is 22.4. The van der Waals surface area contributed by atoms with Gasteiger partial charge in [-0.2, -0.15) is 0 Å². The number of carbonyl (C=O) groups is 3. The molecule has 0 aliphatic carbocycles. The van der Waals surface area contributed by atoms with E-state index in [0.29, 0.717) is 32.1 Å². The van der Waals surface area contributed by atoms with Crippen LogP contribution in [0.4, 0.5) is 4.79 Å². The summed E-state index contributed by atoms with van der Waals surface area (Å²) >= 11 is 2.97. The van der Waals surface area contributed by atoms with E-state index in [1.54, 1.807) is 18.2 Å². The van der Waals surface area contributed by atoms with Crippen molar-refractivity contribution in [3.05, 3.63) is 62.1 Å². The molecule has 0 bridgehead atoms. The lowest BCUT2D eigenvalue weighted by atomic mass is 10.1. The minimum absolute atomic E-state index is 0.227. The van der Waals surface area contributed by atoms with Gasteiger partial charge >= 0.3 is 5.97 Å². The Balaban J connectivity index is 1.84. The predicted molar refractivity (Wildman–Crippen MR) is 126 cm³/mol. The molecule has 2 aromatic carbocycles. The van der Waals surface area contributed by atoms with Crippen molar-refractivity contribution in [3.63, 3.8) is 0 Å². The van der Waals surface area contributed by atoms with Crippen molar-refractivity contribution in [3.8, 4) is 11.5 Å². The molecule has 0 spiro atoms. The summed E-state index contributed by atoms with van der Waals surface area (Å²) in [6, 6.07) is 12.9. The average Bonchev–Trinajstić information content (AvgIpc) is 3.01. The van der Waals surface area contributed by atoms with E-state index in [9.17, 15) is 14.4 Å². The van der Waals surface area contributed by atoms with Gasteiger partial charge in [-0.05, 0) is 70.6 Å². The van der Waals surface area contributed by atoms with Crippen molar-refractivity contribution in [2.45, 2.75) is 13.5 Å². The van der Waals surface area contributed by atoms with Crippen LogP contribution in [-0.4, -0.2) is 42.3 Å². The summed E-state index contributed by atoms with van der Waals surface area (Å²) in [6.07, 6.45) is 1.66. The zero-order valence-electron chi connectivity index (χ0n) is 16.9. The van der Waals surface area contributed by atoms with E-state index in [4.69, 9.17) is 9.47 Å². The zero-order valence-corrected chi connectivity index (χ0v) is 19.9. The SMILES string of the molecule is CCOc1cc(/C=C2\SC(=O)N(Cc3ccccc3)C2=O)cc(I)c1OCC(=O)OC. The number of esters is 1. The Bertz CT molecular complexity index is 1020. The Hall–Kier alpha value is -2.53. The smallest absolute Gasteiger partial charge is 0.343 e. The van der Waals surface area contributed by atoms with Gasteiger partial charge in [-0.25, -0.2) is 4.79 Å². The summed E-state index contributed by atoms with van der Waals surface area (Å²) in [7, 11) is 1.29. The van der Waals surface area contributed by atoms with Gasteiger partial charge in [0.15, 0.2) is 18.1 Å². The maximum absolute atomic E-state index is 12.8. The second kappa shape index (κ2) is 10.7. The fraction of sp³-hybridized carbons (Fsp3) is 0.227. The van der Waals surface area contributed by atoms with Gasteiger partial charge in [-0.1, -0.05) is 30.3 Å². The molecule has 1 saturated heterocycles. The Morgan fingerprint density at radius 2 is 1.90 bits per heavy atom. The molecule has 2 aromatic rings. The number of halogens is 1. The van der Waals surface area contributed by atoms with Gasteiger partial charge in [-0.15, -0.1) is 0 Å². The van der Waals surface area contributed by atoms with Crippen molar-refractivity contribution in [1.29, 1.82) is 0 Å². The molecule has 1 heterocycles. The van der Waals surface area contributed by atoms with E-state index in [2.05, 4.69) is 27.3 Å². The number of thioether (sulfide) groups is 1. The lowest BCUT2D eigenvalue weighted by molar-refractivity contribution is -0.143. The van der Waals surface area contributed by atoms with Crippen LogP contribution in [0.2, 0.25) is 0 Å². The van der Waals surface area contributed by atoms with Crippen LogP contribution in [0, 0.1) is 3.57 Å². The lowest BCUT2D eigenvalue weighted by Crippen LogP contribution is -2.27. The quantitative estimate of drug-likeness (QED) is 0.271. The van der Waals surface area contributed by atoms with Crippen LogP contribution in [0.1, 0.15) is 18.1 Å². The molecule has 1 fully saturated rings. The number of benzene rings is 2. The van der Waals surface area contributed by atoms with E-state index in [1.807, 2.05) is 37.3 Å². The highest BCUT2D eigenvalue weighted by molar-refractivity contribution is 14.1. The highest BCUT2D eigenvalue weighted by atomic mass is 127. The fourth-order valence-corrected chi connectivity index (χ4v) is 4.44. The summed E-state index contributed by atoms with van der Waals surface area (Å²) in [5.74, 6) is 0.0162. The molecule has 0 atom stereocenters. The predicted octanol–water partition coefficient (Wildman–Crippen LogP) is 4.48. The van der Waals surface area contributed by atoms with Crippen molar-refractivity contribution in [1.82, 2.24) is 4.90 Å². The molecule has 0 saturated carbocycles. The largest absolute Gasteiger partial charge is 0.490 e. The number of methoxy groups -OCH3 is 1. The van der Waals surface area contributed by atoms with Crippen LogP contribution in [-0.2, 0) is 20.9 Å². The Morgan fingerprint density at radius 1 is 1.16 bits per heavy atom. The number of carbonyl (C=O) groups excluding carboxylic acids is 3. The van der Waals surface area contributed by atoms with E-state index >= 15 is 0 Å². The molecule has 2 amide bonds. The van der Waals surface area contributed by atoms with Crippen LogP contribution in [0.5, 0.6) is 11.5 Å². The summed E-state index contributed by atoms with van der Waals surface area (Å²) in [5, 5.41) is -0.308. The first-order chi connectivity index (χ1) is 14.9. The lowest BCUT2D eigenvalue weighted by Gasteiger charge is -2.14. The molecule has 0 unspecified atom stereocenters. The maximum atomic E-state index is 12.8. The van der Waals surface area contributed by atoms with Gasteiger partial charge in [0.25, 0.3) is 11.1 Å². The van der Waals surface area contributed by atoms with Crippen LogP contribution in [0.25, 0.3) is 6.08 Å². The van der Waals surface area contributed by atoms with E-state index in [-0.39, 0.29) is 24.3 Å². The second-order valence-electron chi connectivity index (χ2n) is 6.38.